The van der Waals surface area contributed by atoms with Crippen molar-refractivity contribution in [2.45, 2.75) is 13.0 Å². The van der Waals surface area contributed by atoms with Crippen LogP contribution in [0.2, 0.25) is 0 Å². The van der Waals surface area contributed by atoms with E-state index in [-0.39, 0.29) is 0 Å². The molecule has 4 nitrogen and oxygen atoms in total. The summed E-state index contributed by atoms with van der Waals surface area (Å²) >= 11 is 0. The second-order valence-corrected chi connectivity index (χ2v) is 5.56. The van der Waals surface area contributed by atoms with Gasteiger partial charge in [0.2, 0.25) is 0 Å². The summed E-state index contributed by atoms with van der Waals surface area (Å²) in [6, 6.07) is 8.55. The molecule has 0 aliphatic carbocycles. The van der Waals surface area contributed by atoms with Gasteiger partial charge in [0.25, 0.3) is 0 Å². The van der Waals surface area contributed by atoms with Gasteiger partial charge in [0.05, 0.1) is 7.11 Å². The summed E-state index contributed by atoms with van der Waals surface area (Å²) in [7, 11) is 3.93. The molecule has 0 bridgehead atoms. The van der Waals surface area contributed by atoms with Gasteiger partial charge in [-0.05, 0) is 20.0 Å². The van der Waals surface area contributed by atoms with Crippen LogP contribution in [0.4, 0.5) is 0 Å². The first kappa shape index (κ1) is 15.3. The fourth-order valence-corrected chi connectivity index (χ4v) is 2.64. The van der Waals surface area contributed by atoms with Crippen molar-refractivity contribution in [3.8, 4) is 5.75 Å². The number of ether oxygens (including phenoxy) is 1. The average molecular weight is 277 g/mol. The van der Waals surface area contributed by atoms with Gasteiger partial charge in [-0.2, -0.15) is 0 Å². The summed E-state index contributed by atoms with van der Waals surface area (Å²) < 4.78 is 5.42. The van der Waals surface area contributed by atoms with Gasteiger partial charge >= 0.3 is 0 Å². The molecule has 20 heavy (non-hydrogen) atoms. The monoisotopic (exact) mass is 277 g/mol. The fourth-order valence-electron chi connectivity index (χ4n) is 2.64. The molecular formula is C16H27N3O. The van der Waals surface area contributed by atoms with Crippen molar-refractivity contribution in [1.82, 2.24) is 15.1 Å². The van der Waals surface area contributed by atoms with Gasteiger partial charge in [-0.1, -0.05) is 18.2 Å². The minimum Gasteiger partial charge on any atom is -0.496 e. The van der Waals surface area contributed by atoms with E-state index in [1.165, 1.54) is 31.7 Å². The van der Waals surface area contributed by atoms with E-state index in [4.69, 9.17) is 4.74 Å². The fraction of sp³-hybridized carbons (Fsp3) is 0.625. The number of nitrogens with one attached hydrogen (secondary N) is 1. The lowest BCUT2D eigenvalue weighted by Gasteiger charge is -2.32. The molecule has 1 aliphatic heterocycles. The van der Waals surface area contributed by atoms with E-state index in [9.17, 15) is 0 Å². The van der Waals surface area contributed by atoms with Gasteiger partial charge < -0.3 is 15.0 Å². The molecule has 0 radical (unpaired) electrons. The summed E-state index contributed by atoms with van der Waals surface area (Å²) in [6.07, 6.45) is 0. The first-order valence-corrected chi connectivity index (χ1v) is 7.48. The second-order valence-electron chi connectivity index (χ2n) is 5.56. The molecule has 1 heterocycles. The van der Waals surface area contributed by atoms with Gasteiger partial charge in [0, 0.05) is 50.9 Å². The Morgan fingerprint density at radius 2 is 1.90 bits per heavy atom. The summed E-state index contributed by atoms with van der Waals surface area (Å²) in [4.78, 5) is 4.92. The van der Waals surface area contributed by atoms with Crippen LogP contribution in [-0.4, -0.2) is 63.2 Å². The van der Waals surface area contributed by atoms with Gasteiger partial charge in [-0.15, -0.1) is 0 Å². The van der Waals surface area contributed by atoms with E-state index in [0.29, 0.717) is 6.04 Å². The zero-order chi connectivity index (χ0) is 14.4. The molecule has 1 aromatic rings. The Bertz CT molecular complexity index is 402. The van der Waals surface area contributed by atoms with Crippen molar-refractivity contribution in [3.05, 3.63) is 29.8 Å². The Morgan fingerprint density at radius 1 is 1.20 bits per heavy atom. The lowest BCUT2D eigenvalue weighted by Crippen LogP contribution is -2.46. The van der Waals surface area contributed by atoms with E-state index in [1.807, 2.05) is 12.1 Å². The number of likely N-dealkylation sites (N-methyl/N-ethyl adjacent to an activating group) is 1. The quantitative estimate of drug-likeness (QED) is 0.855. The Kier molecular flexibility index (Phi) is 5.83. The smallest absolute Gasteiger partial charge is 0.123 e. The predicted molar refractivity (Wildman–Crippen MR) is 83.3 cm³/mol. The van der Waals surface area contributed by atoms with Crippen LogP contribution in [0, 0.1) is 0 Å². The highest BCUT2D eigenvalue weighted by Crippen LogP contribution is 2.23. The van der Waals surface area contributed by atoms with Crippen molar-refractivity contribution in [3.63, 3.8) is 0 Å². The highest BCUT2D eigenvalue weighted by molar-refractivity contribution is 5.35. The molecule has 1 atom stereocenters. The van der Waals surface area contributed by atoms with E-state index in [1.54, 1.807) is 7.11 Å². The maximum absolute atomic E-state index is 5.42. The van der Waals surface area contributed by atoms with E-state index < -0.39 is 0 Å². The topological polar surface area (TPSA) is 27.7 Å². The predicted octanol–water partition coefficient (Wildman–Crippen LogP) is 1.59. The molecular weight excluding hydrogens is 250 g/mol. The first-order valence-electron chi connectivity index (χ1n) is 7.48. The first-order chi connectivity index (χ1) is 9.70. The number of methoxy groups -OCH3 is 1. The number of rotatable bonds is 6. The minimum atomic E-state index is 0.318. The van der Waals surface area contributed by atoms with Crippen LogP contribution in [0.3, 0.4) is 0 Å². The Morgan fingerprint density at radius 3 is 2.60 bits per heavy atom. The Hall–Kier alpha value is -1.10. The summed E-state index contributed by atoms with van der Waals surface area (Å²) in [6.45, 7) is 9.06. The summed E-state index contributed by atoms with van der Waals surface area (Å²) in [5.41, 5.74) is 1.23. The SMILES string of the molecule is COc1ccccc1[C@@H](C)NCCN1CCN(C)CC1. The number of para-hydroxylation sites is 1. The molecule has 1 saturated heterocycles. The van der Waals surface area contributed by atoms with E-state index in [2.05, 4.69) is 41.2 Å². The molecule has 4 heteroatoms. The number of hydrogen-bond acceptors (Lipinski definition) is 4. The number of piperazine rings is 1. The van der Waals surface area contributed by atoms with Crippen molar-refractivity contribution in [2.24, 2.45) is 0 Å². The molecule has 2 rings (SSSR count). The van der Waals surface area contributed by atoms with Crippen LogP contribution in [-0.2, 0) is 0 Å². The molecule has 0 aromatic heterocycles. The maximum Gasteiger partial charge on any atom is 0.123 e. The van der Waals surface area contributed by atoms with Crippen molar-refractivity contribution < 1.29 is 4.74 Å². The normalized spacial score (nSPS) is 18.9. The summed E-state index contributed by atoms with van der Waals surface area (Å²) in [5.74, 6) is 0.965. The number of hydrogen-bond donors (Lipinski definition) is 1. The highest BCUT2D eigenvalue weighted by Gasteiger charge is 2.14. The van der Waals surface area contributed by atoms with Gasteiger partial charge in [-0.3, -0.25) is 4.90 Å². The third kappa shape index (κ3) is 4.20. The lowest BCUT2D eigenvalue weighted by molar-refractivity contribution is 0.154. The molecule has 1 fully saturated rings. The molecule has 112 valence electrons. The minimum absolute atomic E-state index is 0.318. The standard InChI is InChI=1S/C16H27N3O/c1-14(15-6-4-5-7-16(15)20-3)17-8-9-19-12-10-18(2)11-13-19/h4-7,14,17H,8-13H2,1-3H3/t14-/m1/s1. The Labute approximate surface area is 122 Å². The molecule has 0 saturated carbocycles. The molecule has 0 amide bonds. The van der Waals surface area contributed by atoms with Crippen LogP contribution in [0.1, 0.15) is 18.5 Å². The molecule has 0 spiro atoms. The zero-order valence-electron chi connectivity index (χ0n) is 12.9. The van der Waals surface area contributed by atoms with Crippen LogP contribution >= 0.6 is 0 Å². The van der Waals surface area contributed by atoms with E-state index in [0.717, 1.165) is 18.8 Å². The largest absolute Gasteiger partial charge is 0.496 e. The van der Waals surface area contributed by atoms with Crippen molar-refractivity contribution in [2.75, 3.05) is 53.4 Å². The second kappa shape index (κ2) is 7.62. The number of nitrogens with zero attached hydrogens (tertiary/aromatic N) is 2. The molecule has 1 aliphatic rings. The molecule has 0 unspecified atom stereocenters. The van der Waals surface area contributed by atoms with Gasteiger partial charge in [0.15, 0.2) is 0 Å². The number of benzene rings is 1. The van der Waals surface area contributed by atoms with Crippen molar-refractivity contribution >= 4 is 0 Å². The lowest BCUT2D eigenvalue weighted by atomic mass is 10.1. The third-order valence-corrected chi connectivity index (χ3v) is 4.08. The van der Waals surface area contributed by atoms with Crippen LogP contribution < -0.4 is 10.1 Å². The van der Waals surface area contributed by atoms with Crippen molar-refractivity contribution in [1.29, 1.82) is 0 Å². The molecule has 1 N–H and O–H groups in total. The Balaban J connectivity index is 1.76. The van der Waals surface area contributed by atoms with Gasteiger partial charge in [0.1, 0.15) is 5.75 Å². The third-order valence-electron chi connectivity index (χ3n) is 4.08. The van der Waals surface area contributed by atoms with Crippen LogP contribution in [0.25, 0.3) is 0 Å². The summed E-state index contributed by atoms with van der Waals surface area (Å²) in [5, 5.41) is 3.60. The zero-order valence-corrected chi connectivity index (χ0v) is 12.9. The highest BCUT2D eigenvalue weighted by atomic mass is 16.5. The van der Waals surface area contributed by atoms with Crippen LogP contribution in [0.5, 0.6) is 5.75 Å². The average Bonchev–Trinajstić information content (AvgIpc) is 2.49. The van der Waals surface area contributed by atoms with E-state index >= 15 is 0 Å². The molecule has 1 aromatic carbocycles. The van der Waals surface area contributed by atoms with Crippen LogP contribution in [0.15, 0.2) is 24.3 Å². The maximum atomic E-state index is 5.42. The van der Waals surface area contributed by atoms with Gasteiger partial charge in [-0.25, -0.2) is 0 Å².